The van der Waals surface area contributed by atoms with Crippen LogP contribution < -0.4 is 5.32 Å². The summed E-state index contributed by atoms with van der Waals surface area (Å²) >= 11 is 0. The number of rotatable bonds is 3. The molecule has 0 spiro atoms. The molecule has 0 saturated carbocycles. The molecule has 1 heterocycles. The molecule has 0 radical (unpaired) electrons. The van der Waals surface area contributed by atoms with E-state index in [4.69, 9.17) is 0 Å². The predicted molar refractivity (Wildman–Crippen MR) is 76.9 cm³/mol. The average molecular weight is 254 g/mol. The molecule has 0 aliphatic heterocycles. The van der Waals surface area contributed by atoms with Crippen LogP contribution in [0.3, 0.4) is 0 Å². The number of nitrogens with zero attached hydrogens (tertiary/aromatic N) is 1. The Bertz CT molecular complexity index is 639. The molecule has 0 fully saturated rings. The standard InChI is InChI=1S/C16H18N2O/c1-18-11-12(14-8-4-5-9-15(14)18)10-16(19)17-13-6-2-3-7-13/h2,4-6,8-9,11,13H,3,7,10H2,1H3,(H,17,19). The maximum atomic E-state index is 12.1. The van der Waals surface area contributed by atoms with Crippen molar-refractivity contribution in [3.05, 3.63) is 48.2 Å². The number of para-hydroxylation sites is 1. The fourth-order valence-corrected chi connectivity index (χ4v) is 2.75. The molecule has 1 aliphatic carbocycles. The molecule has 3 nitrogen and oxygen atoms in total. The summed E-state index contributed by atoms with van der Waals surface area (Å²) in [6.45, 7) is 0. The van der Waals surface area contributed by atoms with Gasteiger partial charge < -0.3 is 9.88 Å². The van der Waals surface area contributed by atoms with Gasteiger partial charge in [0.1, 0.15) is 0 Å². The zero-order valence-electron chi connectivity index (χ0n) is 11.1. The van der Waals surface area contributed by atoms with Gasteiger partial charge in [-0.05, 0) is 24.5 Å². The number of fused-ring (bicyclic) bond motifs is 1. The highest BCUT2D eigenvalue weighted by atomic mass is 16.1. The summed E-state index contributed by atoms with van der Waals surface area (Å²) in [4.78, 5) is 12.1. The Labute approximate surface area is 112 Å². The van der Waals surface area contributed by atoms with E-state index in [1.165, 1.54) is 10.9 Å². The molecule has 98 valence electrons. The van der Waals surface area contributed by atoms with Crippen molar-refractivity contribution in [2.24, 2.45) is 7.05 Å². The van der Waals surface area contributed by atoms with E-state index in [1.807, 2.05) is 19.2 Å². The lowest BCUT2D eigenvalue weighted by Gasteiger charge is -2.10. The predicted octanol–water partition coefficient (Wildman–Crippen LogP) is 2.56. The van der Waals surface area contributed by atoms with E-state index in [2.05, 4.69) is 40.4 Å². The number of amides is 1. The van der Waals surface area contributed by atoms with Crippen LogP contribution in [0.2, 0.25) is 0 Å². The Morgan fingerprint density at radius 1 is 1.42 bits per heavy atom. The lowest BCUT2D eigenvalue weighted by atomic mass is 10.1. The Balaban J connectivity index is 1.77. The van der Waals surface area contributed by atoms with Gasteiger partial charge in [-0.2, -0.15) is 0 Å². The molecule has 1 aromatic heterocycles. The van der Waals surface area contributed by atoms with Gasteiger partial charge in [0.05, 0.1) is 6.42 Å². The topological polar surface area (TPSA) is 34.0 Å². The minimum atomic E-state index is 0.105. The van der Waals surface area contributed by atoms with Gasteiger partial charge in [0.15, 0.2) is 0 Å². The zero-order chi connectivity index (χ0) is 13.2. The van der Waals surface area contributed by atoms with E-state index < -0.39 is 0 Å². The Kier molecular flexibility index (Phi) is 3.11. The molecular weight excluding hydrogens is 236 g/mol. The van der Waals surface area contributed by atoms with E-state index in [0.29, 0.717) is 6.42 Å². The summed E-state index contributed by atoms with van der Waals surface area (Å²) in [5.74, 6) is 0.105. The van der Waals surface area contributed by atoms with Crippen LogP contribution in [-0.4, -0.2) is 16.5 Å². The quantitative estimate of drug-likeness (QED) is 0.839. The molecule has 1 unspecified atom stereocenters. The number of carbonyl (C=O) groups excluding carboxylic acids is 1. The van der Waals surface area contributed by atoms with Crippen LogP contribution in [0.1, 0.15) is 18.4 Å². The first kappa shape index (κ1) is 12.0. The second-order valence-corrected chi connectivity index (χ2v) is 5.14. The maximum Gasteiger partial charge on any atom is 0.224 e. The van der Waals surface area contributed by atoms with Gasteiger partial charge in [-0.1, -0.05) is 30.4 Å². The van der Waals surface area contributed by atoms with E-state index in [9.17, 15) is 4.79 Å². The van der Waals surface area contributed by atoms with Crippen molar-refractivity contribution in [1.29, 1.82) is 0 Å². The third-order valence-corrected chi connectivity index (χ3v) is 3.69. The van der Waals surface area contributed by atoms with Crippen LogP contribution in [0, 0.1) is 0 Å². The normalized spacial score (nSPS) is 18.1. The highest BCUT2D eigenvalue weighted by Crippen LogP contribution is 2.20. The van der Waals surface area contributed by atoms with Crippen LogP contribution in [0.15, 0.2) is 42.6 Å². The van der Waals surface area contributed by atoms with Crippen molar-refractivity contribution in [3.63, 3.8) is 0 Å². The smallest absolute Gasteiger partial charge is 0.224 e. The molecule has 1 N–H and O–H groups in total. The molecule has 1 amide bonds. The molecule has 19 heavy (non-hydrogen) atoms. The monoisotopic (exact) mass is 254 g/mol. The van der Waals surface area contributed by atoms with Crippen LogP contribution in [0.4, 0.5) is 0 Å². The Morgan fingerprint density at radius 2 is 2.26 bits per heavy atom. The lowest BCUT2D eigenvalue weighted by Crippen LogP contribution is -2.33. The lowest BCUT2D eigenvalue weighted by molar-refractivity contribution is -0.120. The first-order chi connectivity index (χ1) is 9.24. The minimum Gasteiger partial charge on any atom is -0.350 e. The van der Waals surface area contributed by atoms with E-state index >= 15 is 0 Å². The van der Waals surface area contributed by atoms with Gasteiger partial charge in [0.25, 0.3) is 0 Å². The van der Waals surface area contributed by atoms with Gasteiger partial charge in [-0.25, -0.2) is 0 Å². The van der Waals surface area contributed by atoms with Crippen molar-refractivity contribution >= 4 is 16.8 Å². The zero-order valence-corrected chi connectivity index (χ0v) is 11.1. The minimum absolute atomic E-state index is 0.105. The van der Waals surface area contributed by atoms with Gasteiger partial charge in [-0.3, -0.25) is 4.79 Å². The summed E-state index contributed by atoms with van der Waals surface area (Å²) in [5, 5.41) is 4.23. The molecule has 2 aromatic rings. The molecular formula is C16H18N2O. The average Bonchev–Trinajstić information content (AvgIpc) is 3.00. The summed E-state index contributed by atoms with van der Waals surface area (Å²) < 4.78 is 2.08. The number of hydrogen-bond donors (Lipinski definition) is 1. The molecule has 1 aliphatic rings. The van der Waals surface area contributed by atoms with Crippen molar-refractivity contribution < 1.29 is 4.79 Å². The van der Waals surface area contributed by atoms with Crippen LogP contribution in [0.5, 0.6) is 0 Å². The first-order valence-electron chi connectivity index (χ1n) is 6.73. The molecule has 0 bridgehead atoms. The first-order valence-corrected chi connectivity index (χ1v) is 6.73. The number of aromatic nitrogens is 1. The number of carbonyl (C=O) groups is 1. The summed E-state index contributed by atoms with van der Waals surface area (Å²) in [6, 6.07) is 8.42. The fraction of sp³-hybridized carbons (Fsp3) is 0.312. The molecule has 1 aromatic carbocycles. The highest BCUT2D eigenvalue weighted by molar-refractivity contribution is 5.89. The number of allylic oxidation sites excluding steroid dienone is 1. The Hall–Kier alpha value is -2.03. The Morgan fingerprint density at radius 3 is 3.05 bits per heavy atom. The number of benzene rings is 1. The van der Waals surface area contributed by atoms with Gasteiger partial charge in [0, 0.05) is 30.2 Å². The largest absolute Gasteiger partial charge is 0.350 e. The van der Waals surface area contributed by atoms with Crippen molar-refractivity contribution in [2.75, 3.05) is 0 Å². The fourth-order valence-electron chi connectivity index (χ4n) is 2.75. The van der Waals surface area contributed by atoms with Crippen LogP contribution >= 0.6 is 0 Å². The molecule has 1 atom stereocenters. The summed E-state index contributed by atoms with van der Waals surface area (Å²) in [7, 11) is 2.02. The van der Waals surface area contributed by atoms with Crippen molar-refractivity contribution in [1.82, 2.24) is 9.88 Å². The van der Waals surface area contributed by atoms with Crippen LogP contribution in [-0.2, 0) is 18.3 Å². The number of aryl methyl sites for hydroxylation is 1. The van der Waals surface area contributed by atoms with Crippen molar-refractivity contribution in [3.8, 4) is 0 Å². The second-order valence-electron chi connectivity index (χ2n) is 5.14. The maximum absolute atomic E-state index is 12.1. The van der Waals surface area contributed by atoms with E-state index in [0.717, 1.165) is 18.4 Å². The highest BCUT2D eigenvalue weighted by Gasteiger charge is 2.14. The molecule has 3 rings (SSSR count). The SMILES string of the molecule is Cn1cc(CC(=O)NC2C=CCC2)c2ccccc21. The van der Waals surface area contributed by atoms with Crippen LogP contribution in [0.25, 0.3) is 10.9 Å². The van der Waals surface area contributed by atoms with Gasteiger partial charge in [0.2, 0.25) is 5.91 Å². The number of hydrogen-bond acceptors (Lipinski definition) is 1. The molecule has 0 saturated heterocycles. The van der Waals surface area contributed by atoms with Crippen molar-refractivity contribution in [2.45, 2.75) is 25.3 Å². The van der Waals surface area contributed by atoms with E-state index in [1.54, 1.807) is 0 Å². The molecule has 3 heteroatoms. The third kappa shape index (κ3) is 2.41. The third-order valence-electron chi connectivity index (χ3n) is 3.69. The van der Waals surface area contributed by atoms with Gasteiger partial charge >= 0.3 is 0 Å². The second kappa shape index (κ2) is 4.92. The number of nitrogens with one attached hydrogen (secondary N) is 1. The summed E-state index contributed by atoms with van der Waals surface area (Å²) in [6.07, 6.45) is 8.81. The van der Waals surface area contributed by atoms with E-state index in [-0.39, 0.29) is 11.9 Å². The van der Waals surface area contributed by atoms with Gasteiger partial charge in [-0.15, -0.1) is 0 Å². The summed E-state index contributed by atoms with van der Waals surface area (Å²) in [5.41, 5.74) is 2.27.